The van der Waals surface area contributed by atoms with Crippen molar-refractivity contribution >= 4 is 29.8 Å². The molecule has 0 aliphatic carbocycles. The van der Waals surface area contributed by atoms with Gasteiger partial charge < -0.3 is 28.8 Å². The number of esters is 4. The molecule has 0 aromatic rings. The van der Waals surface area contributed by atoms with Gasteiger partial charge in [-0.3, -0.25) is 14.4 Å². The van der Waals surface area contributed by atoms with Crippen molar-refractivity contribution in [1.82, 2.24) is 0 Å². The summed E-state index contributed by atoms with van der Waals surface area (Å²) >= 11 is 0. The fourth-order valence-electron chi connectivity index (χ4n) is 3.40. The van der Waals surface area contributed by atoms with Crippen molar-refractivity contribution in [3.05, 3.63) is 12.2 Å². The summed E-state index contributed by atoms with van der Waals surface area (Å²) < 4.78 is 27.8. The second-order valence-corrected chi connectivity index (χ2v) is 8.00. The first-order valence-corrected chi connectivity index (χ1v) is 11.4. The van der Waals surface area contributed by atoms with Gasteiger partial charge in [0.2, 0.25) is 6.10 Å². The van der Waals surface area contributed by atoms with Gasteiger partial charge in [-0.15, -0.1) is 0 Å². The smallest absolute Gasteiger partial charge is 0.333 e. The van der Waals surface area contributed by atoms with Crippen LogP contribution in [0.4, 0.5) is 0 Å². The van der Waals surface area contributed by atoms with Gasteiger partial charge >= 0.3 is 29.8 Å². The number of carboxylic acid groups (broad SMARTS) is 1. The van der Waals surface area contributed by atoms with Gasteiger partial charge in [0.15, 0.2) is 12.2 Å². The lowest BCUT2D eigenvalue weighted by Crippen LogP contribution is -2.67. The minimum Gasteiger partial charge on any atom is -0.478 e. The van der Waals surface area contributed by atoms with Crippen LogP contribution in [0.15, 0.2) is 12.2 Å². The molecule has 0 amide bonds. The molecule has 1 aliphatic heterocycles. The summed E-state index contributed by atoms with van der Waals surface area (Å²) in [5.74, 6) is -6.32. The molecule has 34 heavy (non-hydrogen) atoms. The highest BCUT2D eigenvalue weighted by Gasteiger charge is 2.59. The van der Waals surface area contributed by atoms with Crippen molar-refractivity contribution in [3.8, 4) is 0 Å². The molecule has 0 saturated carbocycles. The van der Waals surface area contributed by atoms with Crippen molar-refractivity contribution < 1.29 is 52.8 Å². The summed E-state index contributed by atoms with van der Waals surface area (Å²) in [5.41, 5.74) is 0. The highest BCUT2D eigenvalue weighted by atomic mass is 16.8. The van der Waals surface area contributed by atoms with E-state index in [1.807, 2.05) is 0 Å². The number of ether oxygens (including phenoxy) is 5. The van der Waals surface area contributed by atoms with Crippen LogP contribution in [0.1, 0.15) is 73.1 Å². The number of hydrogen-bond acceptors (Lipinski definition) is 10. The number of carboxylic acids is 1. The molecule has 1 saturated heterocycles. The molecule has 1 heterocycles. The molecule has 1 aliphatic rings. The van der Waals surface area contributed by atoms with Gasteiger partial charge in [0.05, 0.1) is 0 Å². The zero-order chi connectivity index (χ0) is 25.9. The minimum absolute atomic E-state index is 0.0188. The molecular weight excluding hydrogens is 452 g/mol. The molecule has 11 nitrogen and oxygen atoms in total. The summed E-state index contributed by atoms with van der Waals surface area (Å²) in [6, 6.07) is 0. The first kappa shape index (κ1) is 29.1. The summed E-state index contributed by atoms with van der Waals surface area (Å²) in [4.78, 5) is 60.1. The summed E-state index contributed by atoms with van der Waals surface area (Å²) in [6.07, 6.45) is -2.08. The van der Waals surface area contributed by atoms with Crippen molar-refractivity contribution in [2.75, 3.05) is 0 Å². The largest absolute Gasteiger partial charge is 0.478 e. The Hall–Kier alpha value is -2.95. The Morgan fingerprint density at radius 2 is 1.29 bits per heavy atom. The molecular formula is C23H34O11. The van der Waals surface area contributed by atoms with E-state index < -0.39 is 60.0 Å². The Kier molecular flexibility index (Phi) is 11.7. The van der Waals surface area contributed by atoms with Crippen molar-refractivity contribution in [2.45, 2.75) is 103 Å². The van der Waals surface area contributed by atoms with E-state index >= 15 is 0 Å². The number of hydrogen-bond donors (Lipinski definition) is 1. The Morgan fingerprint density at radius 1 is 0.824 bits per heavy atom. The molecule has 5 atom stereocenters. The van der Waals surface area contributed by atoms with E-state index in [1.54, 1.807) is 20.8 Å². The summed E-state index contributed by atoms with van der Waals surface area (Å²) in [6.45, 7) is 8.13. The van der Waals surface area contributed by atoms with Gasteiger partial charge in [-0.25, -0.2) is 9.59 Å². The second kappa shape index (κ2) is 13.7. The predicted octanol–water partition coefficient (Wildman–Crippen LogP) is 2.44. The fraction of sp³-hybridized carbons (Fsp3) is 0.696. The number of carbonyl (C=O) groups excluding carboxylic acids is 4. The molecule has 0 aromatic carbocycles. The molecule has 0 unspecified atom stereocenters. The number of aliphatic carboxylic acids is 1. The number of rotatable bonds is 12. The maximum Gasteiger partial charge on any atom is 0.333 e. The topological polar surface area (TPSA) is 152 Å². The minimum atomic E-state index is -1.98. The molecule has 1 N–H and O–H groups in total. The zero-order valence-electron chi connectivity index (χ0n) is 20.2. The van der Waals surface area contributed by atoms with Crippen molar-refractivity contribution in [3.63, 3.8) is 0 Å². The molecule has 1 fully saturated rings. The first-order valence-electron chi connectivity index (χ1n) is 11.4. The van der Waals surface area contributed by atoms with Gasteiger partial charge in [-0.05, 0) is 26.2 Å². The third-order valence-corrected chi connectivity index (χ3v) is 4.84. The van der Waals surface area contributed by atoms with E-state index in [2.05, 4.69) is 0 Å². The van der Waals surface area contributed by atoms with Gasteiger partial charge in [-0.1, -0.05) is 20.8 Å². The first-order chi connectivity index (χ1) is 16.0. The second-order valence-electron chi connectivity index (χ2n) is 8.00. The Labute approximate surface area is 198 Å². The lowest BCUT2D eigenvalue weighted by molar-refractivity contribution is -0.340. The van der Waals surface area contributed by atoms with Crippen LogP contribution in [-0.2, 0) is 47.7 Å². The quantitative estimate of drug-likeness (QED) is 0.246. The standard InChI is InChI=1S/C23H34O11/c1-6-9-16(26)30-20-14(4)33-23(5,34-19(29)13-12-15(24)25)22(32-18(28)11-8-3)21(20)31-17(27)10-7-2/h12-14,20-22H,6-11H2,1-5H3,(H,24,25)/b13-12+/t14-,20-,21+,22+,23+/m0/s1. The lowest BCUT2D eigenvalue weighted by atomic mass is 9.92. The summed E-state index contributed by atoms with van der Waals surface area (Å²) in [7, 11) is 0. The van der Waals surface area contributed by atoms with Crippen LogP contribution in [0.5, 0.6) is 0 Å². The average Bonchev–Trinajstić information content (AvgIpc) is 2.72. The third-order valence-electron chi connectivity index (χ3n) is 4.84. The van der Waals surface area contributed by atoms with Gasteiger partial charge in [0.25, 0.3) is 5.79 Å². The van der Waals surface area contributed by atoms with Crippen LogP contribution in [0.2, 0.25) is 0 Å². The average molecular weight is 487 g/mol. The molecule has 11 heteroatoms. The summed E-state index contributed by atoms with van der Waals surface area (Å²) in [5, 5.41) is 8.76. The highest BCUT2D eigenvalue weighted by molar-refractivity contribution is 5.90. The van der Waals surface area contributed by atoms with E-state index in [-0.39, 0.29) is 19.3 Å². The highest BCUT2D eigenvalue weighted by Crippen LogP contribution is 2.37. The van der Waals surface area contributed by atoms with Crippen LogP contribution in [0, 0.1) is 0 Å². The molecule has 1 rings (SSSR count). The number of carbonyl (C=O) groups is 5. The van der Waals surface area contributed by atoms with Crippen molar-refractivity contribution in [1.29, 1.82) is 0 Å². The monoisotopic (exact) mass is 486 g/mol. The van der Waals surface area contributed by atoms with E-state index in [1.165, 1.54) is 13.8 Å². The van der Waals surface area contributed by atoms with Gasteiger partial charge in [-0.2, -0.15) is 0 Å². The van der Waals surface area contributed by atoms with Crippen LogP contribution in [0.25, 0.3) is 0 Å². The van der Waals surface area contributed by atoms with E-state index in [0.717, 1.165) is 0 Å². The van der Waals surface area contributed by atoms with Crippen LogP contribution >= 0.6 is 0 Å². The maximum atomic E-state index is 12.4. The Morgan fingerprint density at radius 3 is 1.76 bits per heavy atom. The SMILES string of the molecule is CCCC(=O)O[C@@H]1[C@@H](OC(=O)CCC)[C@@H](OC(=O)CCC)[C@@](C)(OC(=O)/C=C/C(=O)O)O[C@H]1C. The normalized spacial score (nSPS) is 26.5. The van der Waals surface area contributed by atoms with Crippen molar-refractivity contribution in [2.24, 2.45) is 0 Å². The van der Waals surface area contributed by atoms with Gasteiger partial charge in [0, 0.05) is 38.3 Å². The Balaban J connectivity index is 3.42. The predicted molar refractivity (Wildman–Crippen MR) is 116 cm³/mol. The zero-order valence-corrected chi connectivity index (χ0v) is 20.2. The van der Waals surface area contributed by atoms with Crippen LogP contribution in [-0.4, -0.2) is 65.2 Å². The fourth-order valence-corrected chi connectivity index (χ4v) is 3.40. The molecule has 192 valence electrons. The third kappa shape index (κ3) is 8.77. The van der Waals surface area contributed by atoms with Gasteiger partial charge in [0.1, 0.15) is 6.10 Å². The van der Waals surface area contributed by atoms with E-state index in [0.29, 0.717) is 31.4 Å². The van der Waals surface area contributed by atoms with E-state index in [4.69, 9.17) is 28.8 Å². The lowest BCUT2D eigenvalue weighted by Gasteiger charge is -2.48. The van der Waals surface area contributed by atoms with Crippen LogP contribution < -0.4 is 0 Å². The molecule has 0 bridgehead atoms. The molecule has 0 spiro atoms. The molecule has 0 aromatic heterocycles. The molecule has 0 radical (unpaired) electrons. The maximum absolute atomic E-state index is 12.4. The van der Waals surface area contributed by atoms with E-state index in [9.17, 15) is 24.0 Å². The Bertz CT molecular complexity index is 775. The van der Waals surface area contributed by atoms with Crippen LogP contribution in [0.3, 0.4) is 0 Å².